The number of hydrogen-bond donors (Lipinski definition) is 0. The summed E-state index contributed by atoms with van der Waals surface area (Å²) in [4.78, 5) is 58.9. The summed E-state index contributed by atoms with van der Waals surface area (Å²) in [5.41, 5.74) is -1.56. The highest BCUT2D eigenvalue weighted by Gasteiger charge is 2.42. The molecule has 0 radical (unpaired) electrons. The third-order valence-electron chi connectivity index (χ3n) is 23.1. The Morgan fingerprint density at radius 3 is 0.940 bits per heavy atom. The Bertz CT molecular complexity index is 1920. The van der Waals surface area contributed by atoms with Crippen molar-refractivity contribution in [1.29, 1.82) is 0 Å². The van der Waals surface area contributed by atoms with Gasteiger partial charge in [0.05, 0.1) is 60.1 Å². The molecule has 0 saturated heterocycles. The highest BCUT2D eigenvalue weighted by atomic mass is 16.5. The van der Waals surface area contributed by atoms with Gasteiger partial charge in [0, 0.05) is 0 Å². The number of carbonyl (C=O) groups is 5. The van der Waals surface area contributed by atoms with Gasteiger partial charge < -0.3 is 23.7 Å². The maximum absolute atomic E-state index is 11.8. The topological polar surface area (TPSA) is 132 Å². The van der Waals surface area contributed by atoms with Crippen LogP contribution in [0, 0.1) is 92.2 Å². The molecule has 0 aromatic carbocycles. The van der Waals surface area contributed by atoms with Crippen molar-refractivity contribution in [1.82, 2.24) is 0 Å². The van der Waals surface area contributed by atoms with Gasteiger partial charge in [-0.05, 0) is 263 Å². The van der Waals surface area contributed by atoms with Gasteiger partial charge in [0.25, 0.3) is 0 Å². The molecular weight excluding hydrogens is 1050 g/mol. The van der Waals surface area contributed by atoms with Gasteiger partial charge in [-0.25, -0.2) is 0 Å². The number of esters is 5. The van der Waals surface area contributed by atoms with Crippen LogP contribution < -0.4 is 0 Å². The van der Waals surface area contributed by atoms with E-state index in [1.165, 1.54) is 154 Å². The molecule has 488 valence electrons. The van der Waals surface area contributed by atoms with Gasteiger partial charge in [0.15, 0.2) is 0 Å². The first kappa shape index (κ1) is 73.8. The number of carbonyl (C=O) groups excluding carboxylic acids is 5. The fourth-order valence-electron chi connectivity index (χ4n) is 14.5. The van der Waals surface area contributed by atoms with Gasteiger partial charge >= 0.3 is 29.8 Å². The number of hydrogen-bond acceptors (Lipinski definition) is 10. The van der Waals surface area contributed by atoms with Crippen LogP contribution in [0.1, 0.15) is 316 Å². The number of ether oxygens (including phenoxy) is 5. The molecule has 0 aliphatic heterocycles. The molecule has 10 nitrogen and oxygen atoms in total. The second-order valence-electron chi connectivity index (χ2n) is 31.5. The molecule has 9 atom stereocenters. The Labute approximate surface area is 516 Å². The summed E-state index contributed by atoms with van der Waals surface area (Å²) in [7, 11) is 0. The lowest BCUT2D eigenvalue weighted by Crippen LogP contribution is -2.28. The summed E-state index contributed by atoms with van der Waals surface area (Å²) in [6.45, 7) is 32.9. The van der Waals surface area contributed by atoms with Crippen LogP contribution in [-0.4, -0.2) is 62.9 Å². The summed E-state index contributed by atoms with van der Waals surface area (Å²) in [5.74, 6) is 9.73. The zero-order valence-corrected chi connectivity index (χ0v) is 57.3. The number of fused-ring (bicyclic) bond motifs is 6. The molecule has 8 aliphatic carbocycles. The lowest BCUT2D eigenvalue weighted by atomic mass is 9.86. The van der Waals surface area contributed by atoms with Crippen LogP contribution in [0.3, 0.4) is 0 Å². The van der Waals surface area contributed by atoms with E-state index in [9.17, 15) is 24.0 Å². The largest absolute Gasteiger partial charge is 0.465 e. The fourth-order valence-corrected chi connectivity index (χ4v) is 14.5. The van der Waals surface area contributed by atoms with Crippen LogP contribution >= 0.6 is 0 Å². The van der Waals surface area contributed by atoms with Crippen LogP contribution in [-0.2, 0) is 47.7 Å². The molecule has 10 heteroatoms. The molecule has 8 saturated carbocycles. The molecule has 0 N–H and O–H groups in total. The van der Waals surface area contributed by atoms with Crippen molar-refractivity contribution in [2.24, 2.45) is 92.2 Å². The summed E-state index contributed by atoms with van der Waals surface area (Å²) in [6, 6.07) is 0. The van der Waals surface area contributed by atoms with Crippen molar-refractivity contribution in [3.8, 4) is 0 Å². The predicted molar refractivity (Wildman–Crippen MR) is 343 cm³/mol. The van der Waals surface area contributed by atoms with Gasteiger partial charge in [0.1, 0.15) is 0 Å². The van der Waals surface area contributed by atoms with E-state index in [1.807, 2.05) is 104 Å². The first-order valence-corrected chi connectivity index (χ1v) is 35.6. The molecule has 8 aliphatic rings. The van der Waals surface area contributed by atoms with Crippen LogP contribution in [0.2, 0.25) is 0 Å². The summed E-state index contributed by atoms with van der Waals surface area (Å²) in [5, 5.41) is 0. The Morgan fingerprint density at radius 1 is 0.310 bits per heavy atom. The van der Waals surface area contributed by atoms with Gasteiger partial charge in [-0.15, -0.1) is 0 Å². The van der Waals surface area contributed by atoms with E-state index in [1.54, 1.807) is 0 Å². The SMILES string of the molecule is CCC(C)(C)C(=O)OCC1CC2CCC1C2.CCC(C)(C)C(=O)OCCC1CC2CCC1C2.CCC(C)(C)C(=O)OCCC1CCCCC1.CCC(C)(C)C(=O)OCCCC1CC2CCC1C2.CCC(C)(C)C(=O)OCCCC1CCCCC1. The van der Waals surface area contributed by atoms with Crippen molar-refractivity contribution in [3.63, 3.8) is 0 Å². The molecule has 8 rings (SSSR count). The van der Waals surface area contributed by atoms with Crippen molar-refractivity contribution in [2.45, 2.75) is 316 Å². The quantitative estimate of drug-likeness (QED) is 0.0468. The standard InChI is InChI=1S/C16H28O2.C15H26O2.C15H28O2.C14H24O2.C14H26O2/c1-4-16(2,3)15(17)18-9-5-6-13-10-12-7-8-14(13)11-12;1-4-15(2,3)14(16)17-8-7-13-10-11-5-6-12(13)9-11;1-4-15(2,3)14(16)17-12-8-11-13-9-6-5-7-10-13;1-4-14(2,3)13(15)16-9-12-8-10-5-6-11(12)7-10;1-4-14(2,3)13(15)16-11-10-12-8-6-5-7-9-12/h12-14H,4-11H2,1-3H3;11-13H,4-10H2,1-3H3;13H,4-12H2,1-3H3;10-12H,4-9H2,1-3H3;12H,4-11H2,1-3H3. The molecule has 84 heavy (non-hydrogen) atoms. The van der Waals surface area contributed by atoms with Crippen molar-refractivity contribution < 1.29 is 47.7 Å². The monoisotopic (exact) mass is 1180 g/mol. The van der Waals surface area contributed by atoms with Crippen molar-refractivity contribution >= 4 is 29.8 Å². The van der Waals surface area contributed by atoms with E-state index in [0.717, 1.165) is 117 Å². The van der Waals surface area contributed by atoms with E-state index < -0.39 is 0 Å². The molecule has 0 amide bonds. The summed E-state index contributed by atoms with van der Waals surface area (Å²) in [6.07, 6.45) is 41.7. The molecule has 8 fully saturated rings. The molecule has 9 unspecified atom stereocenters. The minimum absolute atomic E-state index is 0.0160. The average Bonchev–Trinajstić information content (AvgIpc) is 4.38. The molecule has 0 heterocycles. The van der Waals surface area contributed by atoms with E-state index in [2.05, 4.69) is 0 Å². The third kappa shape index (κ3) is 24.7. The maximum Gasteiger partial charge on any atom is 0.311 e. The first-order chi connectivity index (χ1) is 39.7. The van der Waals surface area contributed by atoms with Crippen LogP contribution in [0.25, 0.3) is 0 Å². The Balaban J connectivity index is 0.000000225. The van der Waals surface area contributed by atoms with Gasteiger partial charge in [-0.1, -0.05) is 118 Å². The second-order valence-corrected chi connectivity index (χ2v) is 31.5. The maximum atomic E-state index is 11.8. The predicted octanol–water partition coefficient (Wildman–Crippen LogP) is 19.6. The van der Waals surface area contributed by atoms with E-state index in [-0.39, 0.29) is 56.9 Å². The molecule has 6 bridgehead atoms. The Kier molecular flexibility index (Phi) is 31.7. The highest BCUT2D eigenvalue weighted by Crippen LogP contribution is 2.51. The van der Waals surface area contributed by atoms with E-state index >= 15 is 0 Å². The Morgan fingerprint density at radius 2 is 0.607 bits per heavy atom. The fraction of sp³-hybridized carbons (Fsp3) is 0.932. The van der Waals surface area contributed by atoms with E-state index in [0.29, 0.717) is 39.0 Å². The highest BCUT2D eigenvalue weighted by molar-refractivity contribution is 5.77. The molecule has 0 aromatic rings. The average molecular weight is 1180 g/mol. The molecular formula is C74H132O10. The Hall–Kier alpha value is -2.65. The van der Waals surface area contributed by atoms with Gasteiger partial charge in [-0.3, -0.25) is 24.0 Å². The first-order valence-electron chi connectivity index (χ1n) is 35.6. The van der Waals surface area contributed by atoms with E-state index in [4.69, 9.17) is 23.7 Å². The molecule has 0 aromatic heterocycles. The zero-order valence-electron chi connectivity index (χ0n) is 57.3. The third-order valence-corrected chi connectivity index (χ3v) is 23.1. The summed E-state index contributed by atoms with van der Waals surface area (Å²) >= 11 is 0. The van der Waals surface area contributed by atoms with Crippen LogP contribution in [0.15, 0.2) is 0 Å². The normalized spacial score (nSPS) is 26.5. The minimum atomic E-state index is -0.315. The second kappa shape index (κ2) is 36.1. The van der Waals surface area contributed by atoms with Crippen LogP contribution in [0.4, 0.5) is 0 Å². The molecule has 0 spiro atoms. The minimum Gasteiger partial charge on any atom is -0.465 e. The lowest BCUT2D eigenvalue weighted by molar-refractivity contribution is -0.156. The smallest absolute Gasteiger partial charge is 0.311 e. The van der Waals surface area contributed by atoms with Crippen molar-refractivity contribution in [3.05, 3.63) is 0 Å². The number of rotatable bonds is 26. The zero-order chi connectivity index (χ0) is 62.1. The van der Waals surface area contributed by atoms with Gasteiger partial charge in [-0.2, -0.15) is 0 Å². The van der Waals surface area contributed by atoms with Crippen LogP contribution in [0.5, 0.6) is 0 Å². The van der Waals surface area contributed by atoms with Crippen molar-refractivity contribution in [2.75, 3.05) is 33.0 Å². The summed E-state index contributed by atoms with van der Waals surface area (Å²) < 4.78 is 27.0. The van der Waals surface area contributed by atoms with Gasteiger partial charge in [0.2, 0.25) is 0 Å². The lowest BCUT2D eigenvalue weighted by Gasteiger charge is -2.25.